The van der Waals surface area contributed by atoms with Crippen LogP contribution in [-0.2, 0) is 16.2 Å². The lowest BCUT2D eigenvalue weighted by molar-refractivity contribution is 0.396. The van der Waals surface area contributed by atoms with Gasteiger partial charge >= 0.3 is 0 Å². The van der Waals surface area contributed by atoms with Gasteiger partial charge in [0.2, 0.25) is 0 Å². The molecule has 0 atom stereocenters. The van der Waals surface area contributed by atoms with Crippen molar-refractivity contribution in [2.75, 3.05) is 0 Å². The molecule has 4 aromatic rings. The first-order valence-electron chi connectivity index (χ1n) is 24.7. The van der Waals surface area contributed by atoms with Crippen molar-refractivity contribution in [1.82, 2.24) is 0 Å². The van der Waals surface area contributed by atoms with Crippen LogP contribution in [0, 0.1) is 6.92 Å². The normalized spacial score (nSPS) is 14.8. The Kier molecular flexibility index (Phi) is 15.5. The van der Waals surface area contributed by atoms with Crippen LogP contribution < -0.4 is 0 Å². The molecule has 0 amide bonds. The fourth-order valence-electron chi connectivity index (χ4n) is 10.4. The number of hydrogen-bond acceptors (Lipinski definition) is 1. The Morgan fingerprint density at radius 1 is 0.565 bits per heavy atom. The third kappa shape index (κ3) is 10.4. The van der Waals surface area contributed by atoms with Gasteiger partial charge in [-0.05, 0) is 100 Å². The molecular weight excluding hydrogens is 765 g/mol. The summed E-state index contributed by atoms with van der Waals surface area (Å²) < 4.78 is 0.161. The van der Waals surface area contributed by atoms with Gasteiger partial charge in [-0.3, -0.25) is 0 Å². The van der Waals surface area contributed by atoms with E-state index in [2.05, 4.69) is 175 Å². The Morgan fingerprint density at radius 2 is 0.984 bits per heavy atom. The summed E-state index contributed by atoms with van der Waals surface area (Å²) in [5.74, 6) is 0. The average Bonchev–Trinajstić information content (AvgIpc) is 3.50. The quantitative estimate of drug-likeness (QED) is 0.0753. The molecule has 0 unspecified atom stereocenters. The molecule has 0 aromatic heterocycles. The maximum absolute atomic E-state index is 4.68. The lowest BCUT2D eigenvalue weighted by Gasteiger charge is -2.36. The van der Waals surface area contributed by atoms with Crippen LogP contribution in [0.2, 0.25) is 0 Å². The van der Waals surface area contributed by atoms with E-state index in [1.807, 2.05) is 11.8 Å². The van der Waals surface area contributed by atoms with Gasteiger partial charge in [0.25, 0.3) is 0 Å². The fraction of sp³-hybridized carbons (Fsp3) is 0.508. The number of rotatable bonds is 21. The van der Waals surface area contributed by atoms with Crippen molar-refractivity contribution in [1.29, 1.82) is 0 Å². The second-order valence-electron chi connectivity index (χ2n) is 21.5. The molecule has 0 nitrogen and oxygen atoms in total. The van der Waals surface area contributed by atoms with Gasteiger partial charge in [0, 0.05) is 32.3 Å². The summed E-state index contributed by atoms with van der Waals surface area (Å²) in [6.45, 7) is 32.8. The molecule has 2 aliphatic carbocycles. The highest BCUT2D eigenvalue weighted by Crippen LogP contribution is 2.57. The van der Waals surface area contributed by atoms with Crippen LogP contribution in [0.5, 0.6) is 0 Å². The predicted octanol–water partition coefficient (Wildman–Crippen LogP) is 19.0. The SMILES string of the molecule is C=C(C1=C(SC(C)(C)C)C(=C(C)C)C1)c1ccc(C(C)(C)c2ccc3c(c2)C(CCCCCCCC)(CCCCCCCC)c2cc(C(C)(C)c4ccc(C)cc4)ccc2-3)cc1. The summed E-state index contributed by atoms with van der Waals surface area (Å²) in [7, 11) is 0. The maximum atomic E-state index is 4.68. The largest absolute Gasteiger partial charge is 0.120 e. The molecule has 0 spiro atoms. The van der Waals surface area contributed by atoms with E-state index in [4.69, 9.17) is 0 Å². The third-order valence-electron chi connectivity index (χ3n) is 14.7. The second-order valence-corrected chi connectivity index (χ2v) is 23.3. The maximum Gasteiger partial charge on any atom is 0.0215 e. The zero-order valence-corrected chi connectivity index (χ0v) is 42.1. The lowest BCUT2D eigenvalue weighted by Crippen LogP contribution is -2.28. The van der Waals surface area contributed by atoms with Gasteiger partial charge in [-0.2, -0.15) is 0 Å². The van der Waals surface area contributed by atoms with Gasteiger partial charge in [0.05, 0.1) is 0 Å². The van der Waals surface area contributed by atoms with Crippen molar-refractivity contribution in [2.24, 2.45) is 0 Å². The summed E-state index contributed by atoms with van der Waals surface area (Å²) in [6, 6.07) is 34.0. The van der Waals surface area contributed by atoms with E-state index >= 15 is 0 Å². The molecule has 0 aliphatic heterocycles. The van der Waals surface area contributed by atoms with Crippen LogP contribution in [0.1, 0.15) is 217 Å². The lowest BCUT2D eigenvalue weighted by atomic mass is 9.68. The van der Waals surface area contributed by atoms with Crippen LogP contribution in [-0.4, -0.2) is 4.75 Å². The molecule has 62 heavy (non-hydrogen) atoms. The number of unbranched alkanes of at least 4 members (excludes halogenated alkanes) is 10. The smallest absolute Gasteiger partial charge is 0.0215 e. The van der Waals surface area contributed by atoms with Crippen molar-refractivity contribution >= 4 is 17.3 Å². The molecule has 0 fully saturated rings. The second kappa shape index (κ2) is 20.1. The molecule has 332 valence electrons. The number of hydrogen-bond donors (Lipinski definition) is 0. The Labute approximate surface area is 384 Å². The van der Waals surface area contributed by atoms with Crippen LogP contribution in [0.15, 0.2) is 113 Å². The predicted molar refractivity (Wildman–Crippen MR) is 277 cm³/mol. The minimum atomic E-state index is -0.160. The number of fused-ring (bicyclic) bond motifs is 3. The summed E-state index contributed by atoms with van der Waals surface area (Å²) in [6.07, 6.45) is 19.4. The Bertz CT molecular complexity index is 2210. The standard InChI is InChI=1S/C61H82S/c1-14-16-18-20-22-24-38-61(39-25-23-21-19-17-15-2)55-40-49(59(10,11)47-30-26-44(5)27-31-47)34-36-51(55)52-37-35-50(41-56(52)61)60(12,13)48-32-28-46(29-33-48)45(6)54-42-53(43(3)4)57(54)62-58(7,8)9/h26-37,40-41H,6,14-25,38-39,42H2,1-5,7-13H3. The fourth-order valence-corrected chi connectivity index (χ4v) is 11.7. The topological polar surface area (TPSA) is 0 Å². The van der Waals surface area contributed by atoms with Gasteiger partial charge in [-0.1, -0.05) is 242 Å². The molecule has 0 radical (unpaired) electrons. The first-order valence-corrected chi connectivity index (χ1v) is 25.5. The van der Waals surface area contributed by atoms with Crippen LogP contribution in [0.4, 0.5) is 0 Å². The summed E-state index contributed by atoms with van der Waals surface area (Å²) in [5, 5.41) is 0. The monoisotopic (exact) mass is 847 g/mol. The van der Waals surface area contributed by atoms with E-state index in [1.54, 1.807) is 11.1 Å². The minimum absolute atomic E-state index is 0.0106. The Morgan fingerprint density at radius 3 is 1.42 bits per heavy atom. The van der Waals surface area contributed by atoms with E-state index in [9.17, 15) is 0 Å². The number of aryl methyl sites for hydroxylation is 1. The number of benzene rings is 4. The van der Waals surface area contributed by atoms with E-state index in [-0.39, 0.29) is 21.0 Å². The van der Waals surface area contributed by atoms with Crippen molar-refractivity contribution in [3.8, 4) is 11.1 Å². The molecule has 2 aliphatic rings. The van der Waals surface area contributed by atoms with Crippen molar-refractivity contribution in [2.45, 2.75) is 200 Å². The summed E-state index contributed by atoms with van der Waals surface area (Å²) >= 11 is 2.00. The van der Waals surface area contributed by atoms with E-state index in [1.165, 1.54) is 162 Å². The average molecular weight is 847 g/mol. The zero-order chi connectivity index (χ0) is 44.9. The van der Waals surface area contributed by atoms with Gasteiger partial charge in [0.15, 0.2) is 0 Å². The number of thioether (sulfide) groups is 1. The number of allylic oxidation sites excluding steroid dienone is 4. The Balaban J connectivity index is 1.39. The van der Waals surface area contributed by atoms with Crippen LogP contribution >= 0.6 is 11.8 Å². The highest BCUT2D eigenvalue weighted by Gasteiger charge is 2.44. The summed E-state index contributed by atoms with van der Waals surface area (Å²) in [4.78, 5) is 1.45. The summed E-state index contributed by atoms with van der Waals surface area (Å²) in [5.41, 5.74) is 19.6. The molecule has 0 saturated heterocycles. The first kappa shape index (κ1) is 47.9. The molecular formula is C61H82S. The van der Waals surface area contributed by atoms with Crippen molar-refractivity contribution in [3.05, 3.63) is 158 Å². The molecule has 6 rings (SSSR count). The van der Waals surface area contributed by atoms with Crippen LogP contribution in [0.25, 0.3) is 16.7 Å². The minimum Gasteiger partial charge on any atom is -0.120 e. The van der Waals surface area contributed by atoms with E-state index < -0.39 is 0 Å². The van der Waals surface area contributed by atoms with Crippen molar-refractivity contribution < 1.29 is 0 Å². The van der Waals surface area contributed by atoms with Crippen LogP contribution in [0.3, 0.4) is 0 Å². The van der Waals surface area contributed by atoms with Gasteiger partial charge in [-0.25, -0.2) is 0 Å². The highest BCUT2D eigenvalue weighted by molar-refractivity contribution is 8.04. The molecule has 0 N–H and O–H groups in total. The Hall–Kier alpha value is -3.55. The van der Waals surface area contributed by atoms with Crippen molar-refractivity contribution in [3.63, 3.8) is 0 Å². The van der Waals surface area contributed by atoms with E-state index in [0.29, 0.717) is 0 Å². The molecule has 4 aromatic carbocycles. The third-order valence-corrected chi connectivity index (χ3v) is 16.0. The molecule has 0 bridgehead atoms. The molecule has 1 heteroatoms. The zero-order valence-electron chi connectivity index (χ0n) is 41.3. The molecule has 0 saturated carbocycles. The van der Waals surface area contributed by atoms with Gasteiger partial charge in [-0.15, -0.1) is 11.8 Å². The molecule has 0 heterocycles. The van der Waals surface area contributed by atoms with Gasteiger partial charge in [0.1, 0.15) is 0 Å². The van der Waals surface area contributed by atoms with E-state index in [0.717, 1.165) is 6.42 Å². The first-order chi connectivity index (χ1) is 29.4. The highest BCUT2D eigenvalue weighted by atomic mass is 32.2. The van der Waals surface area contributed by atoms with Gasteiger partial charge < -0.3 is 0 Å².